The smallest absolute Gasteiger partial charge is 0.231 e. The Bertz CT molecular complexity index is 665. The van der Waals surface area contributed by atoms with Gasteiger partial charge in [0.05, 0.1) is 16.8 Å². The van der Waals surface area contributed by atoms with Crippen molar-refractivity contribution in [3.63, 3.8) is 0 Å². The number of nitrogens with one attached hydrogen (secondary N) is 1. The zero-order valence-electron chi connectivity index (χ0n) is 11.0. The lowest BCUT2D eigenvalue weighted by atomic mass is 10.1. The molecule has 0 saturated carbocycles. The van der Waals surface area contributed by atoms with Crippen LogP contribution in [0.5, 0.6) is 11.5 Å². The Morgan fingerprint density at radius 3 is 2.86 bits per heavy atom. The van der Waals surface area contributed by atoms with Gasteiger partial charge in [0.15, 0.2) is 11.5 Å². The Morgan fingerprint density at radius 1 is 1.19 bits per heavy atom. The molecular weight excluding hydrogens is 297 g/mol. The molecule has 4 nitrogen and oxygen atoms in total. The lowest BCUT2D eigenvalue weighted by Crippen LogP contribution is -2.12. The highest BCUT2D eigenvalue weighted by atomic mass is 35.5. The van der Waals surface area contributed by atoms with Gasteiger partial charge >= 0.3 is 0 Å². The predicted octanol–water partition coefficient (Wildman–Crippen LogP) is 3.35. The fraction of sp³-hybridized carbons (Fsp3) is 0.200. The van der Waals surface area contributed by atoms with Crippen LogP contribution in [0.25, 0.3) is 0 Å². The van der Waals surface area contributed by atoms with Crippen molar-refractivity contribution in [2.75, 3.05) is 18.7 Å². The highest BCUT2D eigenvalue weighted by Gasteiger charge is 2.16. The number of aliphatic hydroxyl groups is 1. The van der Waals surface area contributed by atoms with Gasteiger partial charge in [0, 0.05) is 6.54 Å². The zero-order valence-corrected chi connectivity index (χ0v) is 11.7. The highest BCUT2D eigenvalue weighted by Crippen LogP contribution is 2.34. The number of rotatable bonds is 4. The lowest BCUT2D eigenvalue weighted by molar-refractivity contribution is 0.173. The summed E-state index contributed by atoms with van der Waals surface area (Å²) in [5.74, 6) is 0.877. The van der Waals surface area contributed by atoms with Crippen molar-refractivity contribution in [3.05, 3.63) is 52.8 Å². The number of fused-ring (bicyclic) bond motifs is 1. The third kappa shape index (κ3) is 3.04. The quantitative estimate of drug-likeness (QED) is 0.909. The summed E-state index contributed by atoms with van der Waals surface area (Å²) in [6, 6.07) is 9.26. The van der Waals surface area contributed by atoms with E-state index in [0.717, 1.165) is 0 Å². The summed E-state index contributed by atoms with van der Waals surface area (Å²) >= 11 is 5.96. The van der Waals surface area contributed by atoms with Crippen LogP contribution < -0.4 is 14.8 Å². The molecule has 0 saturated heterocycles. The number of halogens is 2. The predicted molar refractivity (Wildman–Crippen MR) is 77.4 cm³/mol. The Kier molecular flexibility index (Phi) is 3.86. The molecule has 2 aromatic carbocycles. The van der Waals surface area contributed by atoms with Crippen molar-refractivity contribution in [1.29, 1.82) is 0 Å². The van der Waals surface area contributed by atoms with Crippen molar-refractivity contribution in [3.8, 4) is 11.5 Å². The molecule has 1 heterocycles. The summed E-state index contributed by atoms with van der Waals surface area (Å²) in [5.41, 5.74) is 1.12. The Labute approximate surface area is 126 Å². The molecule has 2 aromatic rings. The van der Waals surface area contributed by atoms with Crippen molar-refractivity contribution in [2.45, 2.75) is 6.10 Å². The standard InChI is InChI=1S/C15H13ClFNO3/c16-11-3-2-10(17)6-12(11)18-7-13(19)9-1-4-14-15(5-9)21-8-20-14/h1-6,13,18-19H,7-8H2. The minimum atomic E-state index is -0.779. The summed E-state index contributed by atoms with van der Waals surface area (Å²) in [4.78, 5) is 0. The molecule has 0 fully saturated rings. The molecule has 1 aliphatic heterocycles. The van der Waals surface area contributed by atoms with Crippen LogP contribution in [-0.4, -0.2) is 18.4 Å². The topological polar surface area (TPSA) is 50.7 Å². The second kappa shape index (κ2) is 5.79. The van der Waals surface area contributed by atoms with Gasteiger partial charge in [0.25, 0.3) is 0 Å². The number of anilines is 1. The summed E-state index contributed by atoms with van der Waals surface area (Å²) in [5, 5.41) is 13.5. The fourth-order valence-corrected chi connectivity index (χ4v) is 2.26. The second-order valence-corrected chi connectivity index (χ2v) is 5.04. The van der Waals surface area contributed by atoms with E-state index < -0.39 is 6.10 Å². The lowest BCUT2D eigenvalue weighted by Gasteiger charge is -2.14. The molecule has 0 aromatic heterocycles. The van der Waals surface area contributed by atoms with E-state index in [2.05, 4.69) is 5.32 Å². The van der Waals surface area contributed by atoms with E-state index in [1.165, 1.54) is 18.2 Å². The number of hydrogen-bond donors (Lipinski definition) is 2. The molecule has 6 heteroatoms. The van der Waals surface area contributed by atoms with E-state index in [1.807, 2.05) is 0 Å². The van der Waals surface area contributed by atoms with Crippen LogP contribution in [0, 0.1) is 5.82 Å². The fourth-order valence-electron chi connectivity index (χ4n) is 2.08. The first kappa shape index (κ1) is 14.0. The van der Waals surface area contributed by atoms with Crippen LogP contribution in [0.4, 0.5) is 10.1 Å². The maximum Gasteiger partial charge on any atom is 0.231 e. The van der Waals surface area contributed by atoms with Gasteiger partial charge in [-0.25, -0.2) is 4.39 Å². The molecule has 110 valence electrons. The Morgan fingerprint density at radius 2 is 2.00 bits per heavy atom. The van der Waals surface area contributed by atoms with Crippen molar-refractivity contribution < 1.29 is 19.0 Å². The van der Waals surface area contributed by atoms with Crippen LogP contribution in [-0.2, 0) is 0 Å². The van der Waals surface area contributed by atoms with Gasteiger partial charge in [-0.3, -0.25) is 0 Å². The first-order valence-electron chi connectivity index (χ1n) is 6.40. The SMILES string of the molecule is OC(CNc1cc(F)ccc1Cl)c1ccc2c(c1)OCO2. The van der Waals surface area contributed by atoms with Crippen LogP contribution >= 0.6 is 11.6 Å². The number of ether oxygens (including phenoxy) is 2. The third-order valence-corrected chi connectivity index (χ3v) is 3.53. The van der Waals surface area contributed by atoms with E-state index in [-0.39, 0.29) is 19.2 Å². The first-order valence-corrected chi connectivity index (χ1v) is 6.78. The Hall–Kier alpha value is -1.98. The first-order chi connectivity index (χ1) is 10.1. The molecule has 1 unspecified atom stereocenters. The summed E-state index contributed by atoms with van der Waals surface area (Å²) in [6.07, 6.45) is -0.779. The molecule has 0 aliphatic carbocycles. The molecule has 0 radical (unpaired) electrons. The molecule has 0 amide bonds. The van der Waals surface area contributed by atoms with E-state index in [0.29, 0.717) is 27.8 Å². The molecule has 1 aliphatic rings. The molecule has 0 spiro atoms. The van der Waals surface area contributed by atoms with Gasteiger partial charge in [-0.15, -0.1) is 0 Å². The largest absolute Gasteiger partial charge is 0.454 e. The zero-order chi connectivity index (χ0) is 14.8. The number of aliphatic hydroxyl groups excluding tert-OH is 1. The Balaban J connectivity index is 1.69. The van der Waals surface area contributed by atoms with Gasteiger partial charge in [-0.1, -0.05) is 17.7 Å². The molecule has 3 rings (SSSR count). The molecular formula is C15H13ClFNO3. The summed E-state index contributed by atoms with van der Waals surface area (Å²) in [7, 11) is 0. The summed E-state index contributed by atoms with van der Waals surface area (Å²) < 4.78 is 23.6. The van der Waals surface area contributed by atoms with Gasteiger partial charge < -0.3 is 19.9 Å². The number of hydrogen-bond acceptors (Lipinski definition) is 4. The maximum absolute atomic E-state index is 13.2. The van der Waals surface area contributed by atoms with E-state index >= 15 is 0 Å². The molecule has 1 atom stereocenters. The average molecular weight is 310 g/mol. The normalized spacial score (nSPS) is 14.0. The van der Waals surface area contributed by atoms with Gasteiger partial charge in [0.2, 0.25) is 6.79 Å². The summed E-state index contributed by atoms with van der Waals surface area (Å²) in [6.45, 7) is 0.384. The van der Waals surface area contributed by atoms with Crippen LogP contribution in [0.15, 0.2) is 36.4 Å². The molecule has 2 N–H and O–H groups in total. The minimum Gasteiger partial charge on any atom is -0.454 e. The third-order valence-electron chi connectivity index (χ3n) is 3.20. The van der Waals surface area contributed by atoms with Crippen molar-refractivity contribution in [1.82, 2.24) is 0 Å². The maximum atomic E-state index is 13.2. The van der Waals surface area contributed by atoms with Crippen molar-refractivity contribution in [2.24, 2.45) is 0 Å². The molecule has 0 bridgehead atoms. The van der Waals surface area contributed by atoms with Crippen LogP contribution in [0.3, 0.4) is 0 Å². The number of benzene rings is 2. The van der Waals surface area contributed by atoms with E-state index in [1.54, 1.807) is 18.2 Å². The van der Waals surface area contributed by atoms with Gasteiger partial charge in [0.1, 0.15) is 5.82 Å². The average Bonchev–Trinajstić information content (AvgIpc) is 2.95. The van der Waals surface area contributed by atoms with Crippen LogP contribution in [0.1, 0.15) is 11.7 Å². The van der Waals surface area contributed by atoms with Gasteiger partial charge in [-0.05, 0) is 35.9 Å². The van der Waals surface area contributed by atoms with E-state index in [4.69, 9.17) is 21.1 Å². The highest BCUT2D eigenvalue weighted by molar-refractivity contribution is 6.33. The molecule has 21 heavy (non-hydrogen) atoms. The van der Waals surface area contributed by atoms with Crippen molar-refractivity contribution >= 4 is 17.3 Å². The van der Waals surface area contributed by atoms with E-state index in [9.17, 15) is 9.50 Å². The monoisotopic (exact) mass is 309 g/mol. The van der Waals surface area contributed by atoms with Gasteiger partial charge in [-0.2, -0.15) is 0 Å². The minimum absolute atomic E-state index is 0.187. The second-order valence-electron chi connectivity index (χ2n) is 4.63. The van der Waals surface area contributed by atoms with Crippen LogP contribution in [0.2, 0.25) is 5.02 Å².